The smallest absolute Gasteiger partial charge is 0.0790 e. The van der Waals surface area contributed by atoms with Crippen molar-refractivity contribution in [1.29, 1.82) is 0 Å². The first-order valence-electron chi connectivity index (χ1n) is 4.56. The highest BCUT2D eigenvalue weighted by molar-refractivity contribution is 9.09. The average molecular weight is 302 g/mol. The third-order valence-electron chi connectivity index (χ3n) is 2.04. The van der Waals surface area contributed by atoms with Gasteiger partial charge in [-0.25, -0.2) is 0 Å². The molecule has 0 aliphatic rings. The van der Waals surface area contributed by atoms with Gasteiger partial charge >= 0.3 is 0 Å². The summed E-state index contributed by atoms with van der Waals surface area (Å²) in [4.78, 5) is 0. The van der Waals surface area contributed by atoms with E-state index in [2.05, 4.69) is 46.0 Å². The molecular weight excluding hydrogens is 282 g/mol. The minimum Gasteiger partial charge on any atom is -0.328 e. The largest absolute Gasteiger partial charge is 0.328 e. The molecular formula is C9H20Br2N+. The van der Waals surface area contributed by atoms with Crippen LogP contribution in [-0.4, -0.2) is 42.3 Å². The van der Waals surface area contributed by atoms with Gasteiger partial charge in [-0.1, -0.05) is 31.9 Å². The van der Waals surface area contributed by atoms with Gasteiger partial charge in [0.15, 0.2) is 0 Å². The van der Waals surface area contributed by atoms with Crippen LogP contribution in [0.25, 0.3) is 0 Å². The summed E-state index contributed by atoms with van der Waals surface area (Å²) in [6.07, 6.45) is 3.91. The van der Waals surface area contributed by atoms with E-state index in [1.54, 1.807) is 0 Å². The standard InChI is InChI=1S/C9H20Br2N/c1-12(2,9-5-7-11)8-4-3-6-10/h3-9H2,1-2H3/q+1. The van der Waals surface area contributed by atoms with Crippen LogP contribution in [0.2, 0.25) is 0 Å². The minimum absolute atomic E-state index is 1.13. The number of rotatable bonds is 7. The average Bonchev–Trinajstić information content (AvgIpc) is 2.01. The van der Waals surface area contributed by atoms with Gasteiger partial charge in [0.05, 0.1) is 27.2 Å². The van der Waals surface area contributed by atoms with Gasteiger partial charge in [0.25, 0.3) is 0 Å². The summed E-state index contributed by atoms with van der Waals surface area (Å²) >= 11 is 6.92. The fourth-order valence-corrected chi connectivity index (χ4v) is 1.88. The lowest BCUT2D eigenvalue weighted by Crippen LogP contribution is -2.41. The van der Waals surface area contributed by atoms with Crippen molar-refractivity contribution in [2.24, 2.45) is 0 Å². The van der Waals surface area contributed by atoms with Crippen molar-refractivity contribution in [2.75, 3.05) is 37.8 Å². The topological polar surface area (TPSA) is 0 Å². The normalized spacial score (nSPS) is 12.0. The highest BCUT2D eigenvalue weighted by atomic mass is 79.9. The van der Waals surface area contributed by atoms with Gasteiger partial charge in [-0.05, 0) is 12.8 Å². The number of hydrogen-bond donors (Lipinski definition) is 0. The highest BCUT2D eigenvalue weighted by Gasteiger charge is 2.12. The molecule has 0 spiro atoms. The highest BCUT2D eigenvalue weighted by Crippen LogP contribution is 2.05. The van der Waals surface area contributed by atoms with Gasteiger partial charge in [0.1, 0.15) is 0 Å². The Morgan fingerprint density at radius 3 is 1.83 bits per heavy atom. The molecule has 0 unspecified atom stereocenters. The molecule has 3 heteroatoms. The Balaban J connectivity index is 3.42. The lowest BCUT2D eigenvalue weighted by Gasteiger charge is -2.29. The second kappa shape index (κ2) is 7.34. The van der Waals surface area contributed by atoms with Crippen LogP contribution in [-0.2, 0) is 0 Å². The molecule has 0 aliphatic heterocycles. The van der Waals surface area contributed by atoms with Crippen molar-refractivity contribution < 1.29 is 4.48 Å². The van der Waals surface area contributed by atoms with Gasteiger partial charge in [-0.15, -0.1) is 0 Å². The molecule has 0 atom stereocenters. The maximum Gasteiger partial charge on any atom is 0.0790 e. The molecule has 0 saturated carbocycles. The van der Waals surface area contributed by atoms with Crippen molar-refractivity contribution in [3.8, 4) is 0 Å². The first-order valence-corrected chi connectivity index (χ1v) is 6.80. The van der Waals surface area contributed by atoms with Crippen LogP contribution >= 0.6 is 31.9 Å². The van der Waals surface area contributed by atoms with E-state index in [4.69, 9.17) is 0 Å². The molecule has 0 aromatic rings. The van der Waals surface area contributed by atoms with Crippen LogP contribution in [0.5, 0.6) is 0 Å². The minimum atomic E-state index is 1.13. The SMILES string of the molecule is C[N+](C)(CCCBr)CCCCBr. The Labute approximate surface area is 93.4 Å². The Hall–Kier alpha value is 0.920. The summed E-state index contributed by atoms with van der Waals surface area (Å²) < 4.78 is 1.17. The van der Waals surface area contributed by atoms with E-state index in [1.165, 1.54) is 36.8 Å². The summed E-state index contributed by atoms with van der Waals surface area (Å²) in [7, 11) is 4.63. The number of nitrogens with zero attached hydrogens (tertiary/aromatic N) is 1. The van der Waals surface area contributed by atoms with Crippen molar-refractivity contribution >= 4 is 31.9 Å². The van der Waals surface area contributed by atoms with Crippen molar-refractivity contribution in [3.63, 3.8) is 0 Å². The molecule has 0 bridgehead atoms. The zero-order valence-electron chi connectivity index (χ0n) is 8.15. The van der Waals surface area contributed by atoms with E-state index < -0.39 is 0 Å². The number of alkyl halides is 2. The second-order valence-corrected chi connectivity index (χ2v) is 5.41. The summed E-state index contributed by atoms with van der Waals surface area (Å²) in [6.45, 7) is 2.59. The van der Waals surface area contributed by atoms with Crippen LogP contribution in [0.15, 0.2) is 0 Å². The lowest BCUT2D eigenvalue weighted by atomic mass is 10.3. The quantitative estimate of drug-likeness (QED) is 0.385. The third-order valence-corrected chi connectivity index (χ3v) is 3.17. The van der Waals surface area contributed by atoms with Gasteiger partial charge < -0.3 is 4.48 Å². The van der Waals surface area contributed by atoms with E-state index in [0.717, 1.165) is 10.7 Å². The number of halogens is 2. The molecule has 0 heterocycles. The molecule has 0 radical (unpaired) electrons. The summed E-state index contributed by atoms with van der Waals surface area (Å²) in [5, 5.41) is 2.28. The monoisotopic (exact) mass is 300 g/mol. The summed E-state index contributed by atoms with van der Waals surface area (Å²) in [6, 6.07) is 0. The Bertz CT molecular complexity index is 105. The Morgan fingerprint density at radius 2 is 1.33 bits per heavy atom. The van der Waals surface area contributed by atoms with Crippen molar-refractivity contribution in [2.45, 2.75) is 19.3 Å². The van der Waals surface area contributed by atoms with Crippen LogP contribution in [0.1, 0.15) is 19.3 Å². The molecule has 0 saturated heterocycles. The Kier molecular flexibility index (Phi) is 7.90. The maximum atomic E-state index is 3.47. The van der Waals surface area contributed by atoms with Crippen LogP contribution in [0.3, 0.4) is 0 Å². The predicted octanol–water partition coefficient (Wildman–Crippen LogP) is 3.02. The van der Waals surface area contributed by atoms with Crippen LogP contribution in [0, 0.1) is 0 Å². The van der Waals surface area contributed by atoms with Gasteiger partial charge in [-0.2, -0.15) is 0 Å². The summed E-state index contributed by atoms with van der Waals surface area (Å²) in [5.41, 5.74) is 0. The first-order chi connectivity index (χ1) is 5.62. The van der Waals surface area contributed by atoms with Crippen LogP contribution in [0.4, 0.5) is 0 Å². The van der Waals surface area contributed by atoms with Crippen molar-refractivity contribution in [1.82, 2.24) is 0 Å². The molecule has 0 rings (SSSR count). The van der Waals surface area contributed by atoms with Gasteiger partial charge in [0.2, 0.25) is 0 Å². The Morgan fingerprint density at radius 1 is 0.833 bits per heavy atom. The predicted molar refractivity (Wildman–Crippen MR) is 63.3 cm³/mol. The molecule has 0 aromatic carbocycles. The van der Waals surface area contributed by atoms with E-state index in [-0.39, 0.29) is 0 Å². The fourth-order valence-electron chi connectivity index (χ4n) is 1.23. The molecule has 0 fully saturated rings. The molecule has 74 valence electrons. The van der Waals surface area contributed by atoms with E-state index in [1.807, 2.05) is 0 Å². The zero-order chi connectivity index (χ0) is 9.45. The lowest BCUT2D eigenvalue weighted by molar-refractivity contribution is -0.890. The fraction of sp³-hybridized carbons (Fsp3) is 1.00. The molecule has 0 aromatic heterocycles. The van der Waals surface area contributed by atoms with E-state index >= 15 is 0 Å². The molecule has 0 amide bonds. The molecule has 0 N–H and O–H groups in total. The third kappa shape index (κ3) is 7.56. The molecule has 12 heavy (non-hydrogen) atoms. The van der Waals surface area contributed by atoms with Crippen molar-refractivity contribution in [3.05, 3.63) is 0 Å². The zero-order valence-corrected chi connectivity index (χ0v) is 11.3. The number of quaternary nitrogens is 1. The van der Waals surface area contributed by atoms with E-state index in [9.17, 15) is 0 Å². The van der Waals surface area contributed by atoms with E-state index in [0.29, 0.717) is 0 Å². The number of unbranched alkanes of at least 4 members (excludes halogenated alkanes) is 1. The van der Waals surface area contributed by atoms with Crippen LogP contribution < -0.4 is 0 Å². The van der Waals surface area contributed by atoms with Gasteiger partial charge in [0, 0.05) is 17.1 Å². The number of hydrogen-bond acceptors (Lipinski definition) is 0. The van der Waals surface area contributed by atoms with Gasteiger partial charge in [-0.3, -0.25) is 0 Å². The maximum absolute atomic E-state index is 3.47. The summed E-state index contributed by atoms with van der Waals surface area (Å²) in [5.74, 6) is 0. The first kappa shape index (κ1) is 12.9. The molecule has 0 aliphatic carbocycles. The second-order valence-electron chi connectivity index (χ2n) is 3.82. The molecule has 1 nitrogen and oxygen atoms in total.